The second-order valence-electron chi connectivity index (χ2n) is 5.27. The Morgan fingerprint density at radius 1 is 1.30 bits per heavy atom. The van der Waals surface area contributed by atoms with Crippen molar-refractivity contribution in [3.63, 3.8) is 0 Å². The number of halogens is 2. The number of methoxy groups -OCH3 is 1. The molecule has 0 saturated heterocycles. The molecule has 1 saturated carbocycles. The zero-order valence-corrected chi connectivity index (χ0v) is 14.2. The van der Waals surface area contributed by atoms with E-state index in [-0.39, 0.29) is 30.7 Å². The van der Waals surface area contributed by atoms with E-state index in [0.717, 1.165) is 51.8 Å². The quantitative estimate of drug-likeness (QED) is 0.656. The van der Waals surface area contributed by atoms with Crippen molar-refractivity contribution in [1.82, 2.24) is 10.2 Å². The zero-order chi connectivity index (χ0) is 13.4. The maximum absolute atomic E-state index is 11.9. The molecule has 0 unspecified atom stereocenters. The van der Waals surface area contributed by atoms with Crippen molar-refractivity contribution in [2.24, 2.45) is 5.73 Å². The second-order valence-corrected chi connectivity index (χ2v) is 5.27. The van der Waals surface area contributed by atoms with Gasteiger partial charge in [-0.15, -0.1) is 24.8 Å². The van der Waals surface area contributed by atoms with Crippen LogP contribution in [0.25, 0.3) is 0 Å². The van der Waals surface area contributed by atoms with Crippen LogP contribution >= 0.6 is 24.8 Å². The predicted octanol–water partition coefficient (Wildman–Crippen LogP) is 1.19. The Morgan fingerprint density at radius 2 is 1.90 bits per heavy atom. The first-order valence-electron chi connectivity index (χ1n) is 6.83. The summed E-state index contributed by atoms with van der Waals surface area (Å²) in [5, 5.41) is 2.95. The van der Waals surface area contributed by atoms with Gasteiger partial charge in [0.1, 0.15) is 0 Å². The molecule has 0 bridgehead atoms. The van der Waals surface area contributed by atoms with E-state index in [4.69, 9.17) is 10.5 Å². The molecule has 0 heterocycles. The van der Waals surface area contributed by atoms with Gasteiger partial charge in [0.2, 0.25) is 5.91 Å². The summed E-state index contributed by atoms with van der Waals surface area (Å²) in [6.07, 6.45) is 4.74. The fraction of sp³-hybridized carbons (Fsp3) is 0.923. The predicted molar refractivity (Wildman–Crippen MR) is 86.9 cm³/mol. The topological polar surface area (TPSA) is 67.6 Å². The number of rotatable bonds is 8. The summed E-state index contributed by atoms with van der Waals surface area (Å²) in [4.78, 5) is 14.1. The van der Waals surface area contributed by atoms with Crippen LogP contribution in [-0.2, 0) is 9.53 Å². The monoisotopic (exact) mass is 329 g/mol. The van der Waals surface area contributed by atoms with Crippen LogP contribution in [0.1, 0.15) is 32.1 Å². The number of amides is 1. The molecule has 0 aromatic carbocycles. The van der Waals surface area contributed by atoms with Gasteiger partial charge < -0.3 is 20.7 Å². The van der Waals surface area contributed by atoms with Gasteiger partial charge in [-0.3, -0.25) is 4.79 Å². The third kappa shape index (κ3) is 7.64. The van der Waals surface area contributed by atoms with Crippen molar-refractivity contribution in [2.75, 3.05) is 40.4 Å². The Hall–Kier alpha value is -0.0700. The number of nitrogens with one attached hydrogen (secondary N) is 1. The molecule has 3 N–H and O–H groups in total. The standard InChI is InChI=1S/C13H27N3O2.2ClH/c1-16(10-11-18-2)9-5-8-15-12(17)13(14)6-3-4-7-13;;/h3-11,14H2,1-2H3,(H,15,17);2*1H. The lowest BCUT2D eigenvalue weighted by Gasteiger charge is -2.22. The molecular formula is C13H29Cl2N3O2. The molecule has 0 aromatic heterocycles. The minimum absolute atomic E-state index is 0. The van der Waals surface area contributed by atoms with Crippen LogP contribution in [0.5, 0.6) is 0 Å². The molecule has 122 valence electrons. The molecule has 1 fully saturated rings. The van der Waals surface area contributed by atoms with Crippen LogP contribution in [0.2, 0.25) is 0 Å². The fourth-order valence-corrected chi connectivity index (χ4v) is 2.32. The molecule has 5 nitrogen and oxygen atoms in total. The minimum atomic E-state index is -0.595. The number of ether oxygens (including phenoxy) is 1. The smallest absolute Gasteiger partial charge is 0.240 e. The highest BCUT2D eigenvalue weighted by molar-refractivity contribution is 5.86. The highest BCUT2D eigenvalue weighted by Gasteiger charge is 2.36. The number of nitrogens with zero attached hydrogens (tertiary/aromatic N) is 1. The number of carbonyl (C=O) groups is 1. The number of nitrogens with two attached hydrogens (primary N) is 1. The first-order valence-corrected chi connectivity index (χ1v) is 6.83. The van der Waals surface area contributed by atoms with E-state index < -0.39 is 5.54 Å². The maximum atomic E-state index is 11.9. The minimum Gasteiger partial charge on any atom is -0.383 e. The lowest BCUT2D eigenvalue weighted by Crippen LogP contribution is -2.52. The summed E-state index contributed by atoms with van der Waals surface area (Å²) in [5.41, 5.74) is 5.48. The molecule has 0 aromatic rings. The average Bonchev–Trinajstić information content (AvgIpc) is 2.80. The molecule has 0 atom stereocenters. The van der Waals surface area contributed by atoms with Gasteiger partial charge in [0.15, 0.2) is 0 Å². The van der Waals surface area contributed by atoms with Gasteiger partial charge in [0.25, 0.3) is 0 Å². The van der Waals surface area contributed by atoms with E-state index in [2.05, 4.69) is 17.3 Å². The molecule has 0 spiro atoms. The van der Waals surface area contributed by atoms with Gasteiger partial charge in [-0.05, 0) is 32.9 Å². The van der Waals surface area contributed by atoms with Crippen LogP contribution in [0.4, 0.5) is 0 Å². The lowest BCUT2D eigenvalue weighted by atomic mass is 9.98. The molecule has 1 rings (SSSR count). The Bertz CT molecular complexity index is 262. The molecule has 1 aliphatic carbocycles. The van der Waals surface area contributed by atoms with Gasteiger partial charge in [-0.1, -0.05) is 12.8 Å². The first kappa shape index (κ1) is 22.2. The largest absolute Gasteiger partial charge is 0.383 e. The number of hydrogen-bond donors (Lipinski definition) is 2. The summed E-state index contributed by atoms with van der Waals surface area (Å²) < 4.78 is 5.01. The first-order chi connectivity index (χ1) is 8.58. The number of likely N-dealkylation sites (N-methyl/N-ethyl adjacent to an activating group) is 1. The van der Waals surface area contributed by atoms with Crippen molar-refractivity contribution in [1.29, 1.82) is 0 Å². The van der Waals surface area contributed by atoms with E-state index in [1.54, 1.807) is 7.11 Å². The van der Waals surface area contributed by atoms with Crippen LogP contribution in [0, 0.1) is 0 Å². The summed E-state index contributed by atoms with van der Waals surface area (Å²) in [6, 6.07) is 0. The molecule has 0 aliphatic heterocycles. The highest BCUT2D eigenvalue weighted by Crippen LogP contribution is 2.27. The van der Waals surface area contributed by atoms with Gasteiger partial charge in [-0.2, -0.15) is 0 Å². The number of hydrogen-bond acceptors (Lipinski definition) is 4. The van der Waals surface area contributed by atoms with Crippen molar-refractivity contribution in [3.05, 3.63) is 0 Å². The van der Waals surface area contributed by atoms with Crippen LogP contribution in [0.3, 0.4) is 0 Å². The Labute approximate surface area is 134 Å². The van der Waals surface area contributed by atoms with E-state index in [1.807, 2.05) is 0 Å². The van der Waals surface area contributed by atoms with Crippen molar-refractivity contribution in [3.8, 4) is 0 Å². The van der Waals surface area contributed by atoms with Gasteiger partial charge in [0, 0.05) is 20.2 Å². The molecule has 20 heavy (non-hydrogen) atoms. The molecule has 1 amide bonds. The average molecular weight is 330 g/mol. The van der Waals surface area contributed by atoms with Crippen LogP contribution < -0.4 is 11.1 Å². The summed E-state index contributed by atoms with van der Waals surface area (Å²) in [6.45, 7) is 3.33. The second kappa shape index (κ2) is 11.6. The summed E-state index contributed by atoms with van der Waals surface area (Å²) >= 11 is 0. The van der Waals surface area contributed by atoms with Crippen molar-refractivity contribution in [2.45, 2.75) is 37.6 Å². The van der Waals surface area contributed by atoms with E-state index in [9.17, 15) is 4.79 Å². The summed E-state index contributed by atoms with van der Waals surface area (Å²) in [5.74, 6) is 0.0274. The van der Waals surface area contributed by atoms with Crippen molar-refractivity contribution >= 4 is 30.7 Å². The highest BCUT2D eigenvalue weighted by atomic mass is 35.5. The van der Waals surface area contributed by atoms with Crippen LogP contribution in [0.15, 0.2) is 0 Å². The SMILES string of the molecule is COCCN(C)CCCNC(=O)C1(N)CCCC1.Cl.Cl. The molecule has 7 heteroatoms. The lowest BCUT2D eigenvalue weighted by molar-refractivity contribution is -0.126. The third-order valence-corrected chi connectivity index (χ3v) is 3.63. The maximum Gasteiger partial charge on any atom is 0.240 e. The Balaban J connectivity index is 0. The zero-order valence-electron chi connectivity index (χ0n) is 12.5. The number of carbonyl (C=O) groups excluding carboxylic acids is 1. The van der Waals surface area contributed by atoms with Gasteiger partial charge >= 0.3 is 0 Å². The van der Waals surface area contributed by atoms with Crippen molar-refractivity contribution < 1.29 is 9.53 Å². The molecular weight excluding hydrogens is 301 g/mol. The normalized spacial score (nSPS) is 16.4. The Kier molecular flexibility index (Phi) is 12.9. The molecule has 1 aliphatic rings. The van der Waals surface area contributed by atoms with Crippen LogP contribution in [-0.4, -0.2) is 56.7 Å². The van der Waals surface area contributed by atoms with E-state index in [1.165, 1.54) is 0 Å². The fourth-order valence-electron chi connectivity index (χ4n) is 2.32. The van der Waals surface area contributed by atoms with E-state index >= 15 is 0 Å². The summed E-state index contributed by atoms with van der Waals surface area (Å²) in [7, 11) is 3.76. The van der Waals surface area contributed by atoms with E-state index in [0.29, 0.717) is 6.54 Å². The van der Waals surface area contributed by atoms with Gasteiger partial charge in [-0.25, -0.2) is 0 Å². The molecule has 0 radical (unpaired) electrons. The van der Waals surface area contributed by atoms with Gasteiger partial charge in [0.05, 0.1) is 12.1 Å². The Morgan fingerprint density at radius 3 is 2.45 bits per heavy atom. The third-order valence-electron chi connectivity index (χ3n) is 3.63.